The summed E-state index contributed by atoms with van der Waals surface area (Å²) in [5.74, 6) is 2.69. The van der Waals surface area contributed by atoms with Crippen molar-refractivity contribution in [2.24, 2.45) is 0 Å². The van der Waals surface area contributed by atoms with Gasteiger partial charge in [-0.1, -0.05) is 101 Å². The standard InChI is InChI=1S/C43H44O3S/c1-6-8-26-44-31-18-14-29(15-19-31)43(30-16-20-32(21-17-30)45-27-9-7-2)25-24-37-40-39(34-12-10-11-13-35(34)41(37)46-43)36-23-22-33(47-5)28-38(36)42(40,3)4/h10-25,28H,6-9,26-27H2,1-5H3. The van der Waals surface area contributed by atoms with Crippen LogP contribution in [0.3, 0.4) is 0 Å². The molecule has 0 atom stereocenters. The molecule has 0 radical (unpaired) electrons. The molecule has 5 aromatic rings. The fourth-order valence-corrected chi connectivity index (χ4v) is 7.72. The lowest BCUT2D eigenvalue weighted by atomic mass is 9.77. The van der Waals surface area contributed by atoms with Crippen molar-refractivity contribution in [3.8, 4) is 28.4 Å². The Kier molecular flexibility index (Phi) is 8.57. The average Bonchev–Trinajstić information content (AvgIpc) is 3.35. The topological polar surface area (TPSA) is 27.7 Å². The fourth-order valence-electron chi connectivity index (χ4n) is 7.28. The van der Waals surface area contributed by atoms with Crippen molar-refractivity contribution < 1.29 is 14.2 Å². The first-order valence-corrected chi connectivity index (χ1v) is 18.3. The molecule has 1 heterocycles. The predicted molar refractivity (Wildman–Crippen MR) is 197 cm³/mol. The number of thioether (sulfide) groups is 1. The maximum absolute atomic E-state index is 7.47. The van der Waals surface area contributed by atoms with E-state index in [4.69, 9.17) is 14.2 Å². The van der Waals surface area contributed by atoms with Crippen molar-refractivity contribution in [2.75, 3.05) is 19.5 Å². The summed E-state index contributed by atoms with van der Waals surface area (Å²) in [6.07, 6.45) is 11.0. The smallest absolute Gasteiger partial charge is 0.178 e. The van der Waals surface area contributed by atoms with Gasteiger partial charge in [-0.3, -0.25) is 0 Å². The first kappa shape index (κ1) is 31.4. The lowest BCUT2D eigenvalue weighted by Crippen LogP contribution is -2.35. The van der Waals surface area contributed by atoms with Gasteiger partial charge >= 0.3 is 0 Å². The van der Waals surface area contributed by atoms with Crippen LogP contribution >= 0.6 is 11.8 Å². The summed E-state index contributed by atoms with van der Waals surface area (Å²) in [4.78, 5) is 1.29. The molecule has 0 spiro atoms. The van der Waals surface area contributed by atoms with E-state index < -0.39 is 5.60 Å². The lowest BCUT2D eigenvalue weighted by molar-refractivity contribution is 0.163. The number of ether oxygens (including phenoxy) is 3. The Morgan fingerprint density at radius 1 is 0.723 bits per heavy atom. The average molecular weight is 641 g/mol. The zero-order valence-electron chi connectivity index (χ0n) is 28.2. The highest BCUT2D eigenvalue weighted by atomic mass is 32.2. The molecule has 0 saturated carbocycles. The molecule has 240 valence electrons. The minimum absolute atomic E-state index is 0.187. The van der Waals surface area contributed by atoms with E-state index in [1.54, 1.807) is 11.8 Å². The molecule has 0 bridgehead atoms. The highest BCUT2D eigenvalue weighted by molar-refractivity contribution is 7.98. The Hall–Kier alpha value is -4.15. The summed E-state index contributed by atoms with van der Waals surface area (Å²) < 4.78 is 19.6. The van der Waals surface area contributed by atoms with Crippen LogP contribution in [-0.2, 0) is 11.0 Å². The van der Waals surface area contributed by atoms with E-state index >= 15 is 0 Å². The Morgan fingerprint density at radius 2 is 1.32 bits per heavy atom. The van der Waals surface area contributed by atoms with Gasteiger partial charge in [-0.05, 0) is 89.2 Å². The maximum Gasteiger partial charge on any atom is 0.178 e. The predicted octanol–water partition coefficient (Wildman–Crippen LogP) is 11.6. The van der Waals surface area contributed by atoms with Crippen molar-refractivity contribution in [2.45, 2.75) is 69.3 Å². The van der Waals surface area contributed by atoms with Crippen LogP contribution in [0.4, 0.5) is 0 Å². The van der Waals surface area contributed by atoms with Gasteiger partial charge < -0.3 is 14.2 Å². The van der Waals surface area contributed by atoms with E-state index in [0.717, 1.165) is 72.7 Å². The van der Waals surface area contributed by atoms with E-state index in [2.05, 4.69) is 137 Å². The summed E-state index contributed by atoms with van der Waals surface area (Å²) in [6.45, 7) is 10.5. The third kappa shape index (κ3) is 5.41. The molecule has 0 amide bonds. The van der Waals surface area contributed by atoms with E-state index in [1.165, 1.54) is 38.1 Å². The van der Waals surface area contributed by atoms with Crippen molar-refractivity contribution >= 4 is 28.6 Å². The first-order valence-electron chi connectivity index (χ1n) is 17.0. The SMILES string of the molecule is CCCCOc1ccc(C2(c3ccc(OCCCC)cc3)C=Cc3c4c(c5ccccc5c3O2)-c2ccc(SC)cc2C4(C)C)cc1. The number of hydrogen-bond acceptors (Lipinski definition) is 4. The monoisotopic (exact) mass is 640 g/mol. The molecular weight excluding hydrogens is 597 g/mol. The molecule has 47 heavy (non-hydrogen) atoms. The van der Waals surface area contributed by atoms with Crippen molar-refractivity contribution in [1.82, 2.24) is 0 Å². The number of rotatable bonds is 11. The molecule has 2 aliphatic rings. The summed E-state index contributed by atoms with van der Waals surface area (Å²) in [5.41, 5.74) is 7.61. The summed E-state index contributed by atoms with van der Waals surface area (Å²) in [7, 11) is 0. The lowest BCUT2D eigenvalue weighted by Gasteiger charge is -2.38. The second kappa shape index (κ2) is 12.8. The van der Waals surface area contributed by atoms with Gasteiger partial charge in [0.15, 0.2) is 5.60 Å². The normalized spacial score (nSPS) is 15.1. The number of benzene rings is 5. The van der Waals surface area contributed by atoms with Crippen LogP contribution in [0.5, 0.6) is 17.2 Å². The van der Waals surface area contributed by atoms with Gasteiger partial charge in [0.2, 0.25) is 0 Å². The Bertz CT molecular complexity index is 1880. The molecule has 0 unspecified atom stereocenters. The van der Waals surface area contributed by atoms with E-state index in [9.17, 15) is 0 Å². The van der Waals surface area contributed by atoms with E-state index in [0.29, 0.717) is 0 Å². The van der Waals surface area contributed by atoms with Crippen LogP contribution < -0.4 is 14.2 Å². The third-order valence-corrected chi connectivity index (χ3v) is 10.6. The largest absolute Gasteiger partial charge is 0.494 e. The summed E-state index contributed by atoms with van der Waals surface area (Å²) >= 11 is 1.80. The molecule has 0 fully saturated rings. The Morgan fingerprint density at radius 3 is 1.89 bits per heavy atom. The molecule has 3 nitrogen and oxygen atoms in total. The third-order valence-electron chi connectivity index (χ3n) is 9.85. The Labute approximate surface area is 284 Å². The van der Waals surface area contributed by atoms with Gasteiger partial charge in [-0.25, -0.2) is 0 Å². The van der Waals surface area contributed by atoms with Gasteiger partial charge in [0.25, 0.3) is 0 Å². The van der Waals surface area contributed by atoms with Crippen molar-refractivity contribution in [3.63, 3.8) is 0 Å². The summed E-state index contributed by atoms with van der Waals surface area (Å²) in [6, 6.07) is 32.6. The molecule has 0 aromatic heterocycles. The van der Waals surface area contributed by atoms with Crippen LogP contribution in [0.1, 0.15) is 81.2 Å². The molecule has 4 heteroatoms. The van der Waals surface area contributed by atoms with Crippen LogP contribution in [0.25, 0.3) is 28.0 Å². The first-order chi connectivity index (χ1) is 22.9. The van der Waals surface area contributed by atoms with Crippen molar-refractivity contribution in [1.29, 1.82) is 0 Å². The highest BCUT2D eigenvalue weighted by Crippen LogP contribution is 2.58. The van der Waals surface area contributed by atoms with Crippen LogP contribution in [0.15, 0.2) is 102 Å². The van der Waals surface area contributed by atoms with Gasteiger partial charge in [0, 0.05) is 32.4 Å². The molecule has 1 aliphatic heterocycles. The minimum atomic E-state index is -0.838. The van der Waals surface area contributed by atoms with Crippen LogP contribution in [0.2, 0.25) is 0 Å². The van der Waals surface area contributed by atoms with E-state index in [-0.39, 0.29) is 5.41 Å². The molecule has 1 aliphatic carbocycles. The highest BCUT2D eigenvalue weighted by Gasteiger charge is 2.44. The molecule has 0 N–H and O–H groups in total. The van der Waals surface area contributed by atoms with Gasteiger partial charge in [-0.15, -0.1) is 11.8 Å². The van der Waals surface area contributed by atoms with Crippen LogP contribution in [0, 0.1) is 0 Å². The number of unbranched alkanes of at least 4 members (excludes halogenated alkanes) is 2. The number of hydrogen-bond donors (Lipinski definition) is 0. The quantitative estimate of drug-likeness (QED) is 0.106. The second-order valence-corrected chi connectivity index (χ2v) is 14.1. The number of fused-ring (bicyclic) bond motifs is 8. The van der Waals surface area contributed by atoms with Gasteiger partial charge in [0.05, 0.1) is 13.2 Å². The molecule has 5 aromatic carbocycles. The molecule has 0 saturated heterocycles. The van der Waals surface area contributed by atoms with Gasteiger partial charge in [0.1, 0.15) is 17.2 Å². The summed E-state index contributed by atoms with van der Waals surface area (Å²) in [5, 5.41) is 2.36. The van der Waals surface area contributed by atoms with Gasteiger partial charge in [-0.2, -0.15) is 0 Å². The van der Waals surface area contributed by atoms with Crippen molar-refractivity contribution in [3.05, 3.63) is 125 Å². The zero-order chi connectivity index (χ0) is 32.6. The van der Waals surface area contributed by atoms with E-state index in [1.807, 2.05) is 0 Å². The Balaban J connectivity index is 1.40. The maximum atomic E-state index is 7.47. The molecule has 7 rings (SSSR count). The zero-order valence-corrected chi connectivity index (χ0v) is 29.0. The molecular formula is C43H44O3S. The fraction of sp³-hybridized carbons (Fsp3) is 0.302. The van der Waals surface area contributed by atoms with Crippen LogP contribution in [-0.4, -0.2) is 19.5 Å². The minimum Gasteiger partial charge on any atom is -0.494 e. The second-order valence-electron chi connectivity index (χ2n) is 13.2.